The Hall–Kier alpha value is -2.79. The van der Waals surface area contributed by atoms with Crippen LogP contribution < -0.4 is 15.5 Å². The van der Waals surface area contributed by atoms with Crippen LogP contribution in [0.2, 0.25) is 0 Å². The van der Waals surface area contributed by atoms with Gasteiger partial charge in [0.1, 0.15) is 6.10 Å². The van der Waals surface area contributed by atoms with Crippen molar-refractivity contribution in [2.75, 3.05) is 4.90 Å². The Morgan fingerprint density at radius 3 is 2.69 bits per heavy atom. The maximum absolute atomic E-state index is 13.2. The SMILES string of the molecule is O=C(NCc1cccs1)[C@H]1C[C@@H](O)[C@H](O)[C@H]2NC(=S)N(c3ccc(-n4cccn4)cc3)[C@@H]21. The number of thiocarbonyl (C=S) groups is 1. The number of thiophene rings is 1. The Bertz CT molecular complexity index is 1090. The third kappa shape index (κ3) is 3.79. The van der Waals surface area contributed by atoms with Crippen molar-refractivity contribution in [3.8, 4) is 5.69 Å². The van der Waals surface area contributed by atoms with Gasteiger partial charge in [-0.1, -0.05) is 6.07 Å². The van der Waals surface area contributed by atoms with E-state index in [-0.39, 0.29) is 12.3 Å². The number of aliphatic hydroxyl groups is 2. The fraction of sp³-hybridized carbons (Fsp3) is 0.318. The number of hydrogen-bond acceptors (Lipinski definition) is 6. The molecule has 3 heterocycles. The quantitative estimate of drug-likeness (QED) is 0.419. The van der Waals surface area contributed by atoms with Gasteiger partial charge in [0.2, 0.25) is 5.91 Å². The molecule has 0 spiro atoms. The molecule has 2 aliphatic rings. The topological polar surface area (TPSA) is 103 Å². The highest BCUT2D eigenvalue weighted by Gasteiger charge is 2.53. The Morgan fingerprint density at radius 2 is 2.00 bits per heavy atom. The molecule has 8 nitrogen and oxygen atoms in total. The van der Waals surface area contributed by atoms with E-state index < -0.39 is 30.2 Å². The summed E-state index contributed by atoms with van der Waals surface area (Å²) in [6, 6.07) is 12.5. The van der Waals surface area contributed by atoms with Crippen molar-refractivity contribution < 1.29 is 15.0 Å². The number of fused-ring (bicyclic) bond motifs is 1. The first kappa shape index (κ1) is 21.1. The first-order chi connectivity index (χ1) is 15.5. The monoisotopic (exact) mass is 469 g/mol. The Balaban J connectivity index is 1.42. The third-order valence-electron chi connectivity index (χ3n) is 6.10. The zero-order valence-corrected chi connectivity index (χ0v) is 18.7. The number of rotatable bonds is 5. The van der Waals surface area contributed by atoms with Crippen molar-refractivity contribution in [2.45, 2.75) is 37.3 Å². The van der Waals surface area contributed by atoms with Gasteiger partial charge in [-0.15, -0.1) is 11.3 Å². The summed E-state index contributed by atoms with van der Waals surface area (Å²) in [5.41, 5.74) is 1.71. The molecule has 0 radical (unpaired) electrons. The van der Waals surface area contributed by atoms with Gasteiger partial charge in [0.05, 0.1) is 36.3 Å². The smallest absolute Gasteiger partial charge is 0.225 e. The number of nitrogens with one attached hydrogen (secondary N) is 2. The minimum Gasteiger partial charge on any atom is -0.390 e. The van der Waals surface area contributed by atoms with E-state index in [1.807, 2.05) is 58.9 Å². The Morgan fingerprint density at radius 1 is 1.22 bits per heavy atom. The van der Waals surface area contributed by atoms with Crippen molar-refractivity contribution in [2.24, 2.45) is 5.92 Å². The Labute approximate surface area is 194 Å². The lowest BCUT2D eigenvalue weighted by atomic mass is 9.77. The van der Waals surface area contributed by atoms with Gasteiger partial charge in [0, 0.05) is 23.0 Å². The number of aliphatic hydroxyl groups excluding tert-OH is 2. The molecular formula is C22H23N5O3S2. The normalized spacial score (nSPS) is 27.1. The van der Waals surface area contributed by atoms with Crippen LogP contribution in [0.5, 0.6) is 0 Å². The molecule has 166 valence electrons. The van der Waals surface area contributed by atoms with Crippen LogP contribution in [0.1, 0.15) is 11.3 Å². The number of amides is 1. The lowest BCUT2D eigenvalue weighted by Crippen LogP contribution is -2.60. The highest BCUT2D eigenvalue weighted by Crippen LogP contribution is 2.37. The van der Waals surface area contributed by atoms with E-state index in [9.17, 15) is 15.0 Å². The zero-order chi connectivity index (χ0) is 22.2. The first-order valence-electron chi connectivity index (χ1n) is 10.4. The van der Waals surface area contributed by atoms with Crippen LogP contribution in [0.3, 0.4) is 0 Å². The van der Waals surface area contributed by atoms with Gasteiger partial charge in [-0.2, -0.15) is 5.10 Å². The summed E-state index contributed by atoms with van der Waals surface area (Å²) in [6.07, 6.45) is 1.70. The maximum atomic E-state index is 13.2. The summed E-state index contributed by atoms with van der Waals surface area (Å²) in [4.78, 5) is 16.1. The molecule has 4 N–H and O–H groups in total. The molecule has 5 rings (SSSR count). The average molecular weight is 470 g/mol. The molecule has 2 fully saturated rings. The summed E-state index contributed by atoms with van der Waals surface area (Å²) < 4.78 is 1.76. The molecule has 2 aromatic heterocycles. The average Bonchev–Trinajstić information content (AvgIpc) is 3.56. The van der Waals surface area contributed by atoms with E-state index in [2.05, 4.69) is 15.7 Å². The van der Waals surface area contributed by atoms with Gasteiger partial charge in [-0.05, 0) is 60.4 Å². The summed E-state index contributed by atoms with van der Waals surface area (Å²) in [7, 11) is 0. The number of hydrogen-bond donors (Lipinski definition) is 4. The molecule has 1 amide bonds. The summed E-state index contributed by atoms with van der Waals surface area (Å²) in [5, 5.41) is 33.8. The van der Waals surface area contributed by atoms with Crippen LogP contribution in [0, 0.1) is 5.92 Å². The van der Waals surface area contributed by atoms with E-state index >= 15 is 0 Å². The second kappa shape index (κ2) is 8.62. The fourth-order valence-electron chi connectivity index (χ4n) is 4.55. The van der Waals surface area contributed by atoms with Gasteiger partial charge in [-0.3, -0.25) is 4.79 Å². The number of carbonyl (C=O) groups excluding carboxylic acids is 1. The van der Waals surface area contributed by atoms with Gasteiger partial charge in [-0.25, -0.2) is 4.68 Å². The predicted molar refractivity (Wildman–Crippen MR) is 126 cm³/mol. The van der Waals surface area contributed by atoms with E-state index in [0.29, 0.717) is 11.7 Å². The van der Waals surface area contributed by atoms with E-state index in [1.54, 1.807) is 22.2 Å². The first-order valence-corrected chi connectivity index (χ1v) is 11.7. The van der Waals surface area contributed by atoms with Crippen LogP contribution in [0.4, 0.5) is 5.69 Å². The summed E-state index contributed by atoms with van der Waals surface area (Å²) in [6.45, 7) is 0.430. The lowest BCUT2D eigenvalue weighted by molar-refractivity contribution is -0.131. The molecule has 32 heavy (non-hydrogen) atoms. The third-order valence-corrected chi connectivity index (χ3v) is 7.29. The number of aromatic nitrogens is 2. The Kier molecular flexibility index (Phi) is 5.68. The van der Waals surface area contributed by atoms with E-state index in [1.165, 1.54) is 0 Å². The van der Waals surface area contributed by atoms with E-state index in [4.69, 9.17) is 12.2 Å². The minimum absolute atomic E-state index is 0.158. The summed E-state index contributed by atoms with van der Waals surface area (Å²) in [5.74, 6) is -0.707. The molecule has 0 unspecified atom stereocenters. The van der Waals surface area contributed by atoms with Crippen LogP contribution >= 0.6 is 23.6 Å². The highest BCUT2D eigenvalue weighted by atomic mass is 32.1. The largest absolute Gasteiger partial charge is 0.390 e. The predicted octanol–water partition coefficient (Wildman–Crippen LogP) is 1.42. The zero-order valence-electron chi connectivity index (χ0n) is 17.0. The van der Waals surface area contributed by atoms with Gasteiger partial charge in [0.25, 0.3) is 0 Å². The molecule has 5 atom stereocenters. The summed E-state index contributed by atoms with van der Waals surface area (Å²) >= 11 is 7.16. The minimum atomic E-state index is -1.02. The second-order valence-corrected chi connectivity index (χ2v) is 9.42. The highest BCUT2D eigenvalue weighted by molar-refractivity contribution is 7.80. The molecular weight excluding hydrogens is 446 g/mol. The van der Waals surface area contributed by atoms with Crippen molar-refractivity contribution in [1.29, 1.82) is 0 Å². The molecule has 1 aliphatic heterocycles. The molecule has 10 heteroatoms. The van der Waals surface area contributed by atoms with Crippen LogP contribution in [0.15, 0.2) is 60.2 Å². The molecule has 1 saturated carbocycles. The number of carbonyl (C=O) groups is 1. The number of anilines is 1. The van der Waals surface area contributed by atoms with Gasteiger partial charge in [0.15, 0.2) is 5.11 Å². The second-order valence-electron chi connectivity index (χ2n) is 8.00. The molecule has 3 aromatic rings. The molecule has 1 aliphatic carbocycles. The number of nitrogens with zero attached hydrogens (tertiary/aromatic N) is 3. The van der Waals surface area contributed by atoms with Crippen LogP contribution in [-0.4, -0.2) is 55.3 Å². The molecule has 0 bridgehead atoms. The standard InChI is InChI=1S/C22H23N5O3S2/c28-17-11-16(21(30)23-12-15-3-1-10-32-15)19-18(20(17)29)25-22(31)27(19)14-6-4-13(5-7-14)26-9-2-8-24-26/h1-10,16-20,28-29H,11-12H2,(H,23,30)(H,25,31)/t16-,17+,18-,19+,20-/m0/s1. The molecule has 1 aromatic carbocycles. The van der Waals surface area contributed by atoms with Crippen molar-refractivity contribution in [3.63, 3.8) is 0 Å². The maximum Gasteiger partial charge on any atom is 0.225 e. The van der Waals surface area contributed by atoms with Crippen LogP contribution in [-0.2, 0) is 11.3 Å². The van der Waals surface area contributed by atoms with Crippen molar-refractivity contribution in [1.82, 2.24) is 20.4 Å². The number of benzene rings is 1. The fourth-order valence-corrected chi connectivity index (χ4v) is 5.55. The molecule has 1 saturated heterocycles. The van der Waals surface area contributed by atoms with Gasteiger partial charge < -0.3 is 25.7 Å². The van der Waals surface area contributed by atoms with E-state index in [0.717, 1.165) is 16.3 Å². The van der Waals surface area contributed by atoms with Crippen molar-refractivity contribution in [3.05, 3.63) is 65.1 Å². The van der Waals surface area contributed by atoms with Gasteiger partial charge >= 0.3 is 0 Å². The van der Waals surface area contributed by atoms with Crippen LogP contribution in [0.25, 0.3) is 5.69 Å². The lowest BCUT2D eigenvalue weighted by Gasteiger charge is -2.41. The van der Waals surface area contributed by atoms with Crippen molar-refractivity contribution >= 4 is 40.3 Å².